The van der Waals surface area contributed by atoms with Gasteiger partial charge in [-0.1, -0.05) is 12.5 Å². The number of hydrogen-bond acceptors (Lipinski definition) is 7. The minimum Gasteiger partial charge on any atom is -0.454 e. The topological polar surface area (TPSA) is 131 Å². The van der Waals surface area contributed by atoms with E-state index in [1.807, 2.05) is 0 Å². The standard InChI is InChI=1S/C19H23N3O5S/c1-13-6-7-15(19(24)27-12-17(23)16(11-20)14(2)21)10-18(13)28(25,26)22-8-4-3-5-9-22/h6-7,10H,3-5,8-9,12,21H2,1-2H3/b16-14+. The first-order chi connectivity index (χ1) is 13.2. The average Bonchev–Trinajstić information content (AvgIpc) is 2.67. The second-order valence-corrected chi connectivity index (χ2v) is 8.52. The van der Waals surface area contributed by atoms with Crippen LogP contribution >= 0.6 is 0 Å². The maximum atomic E-state index is 12.9. The first kappa shape index (κ1) is 21.6. The number of aryl methyl sites for hydroxylation is 1. The number of nitriles is 1. The van der Waals surface area contributed by atoms with E-state index in [1.165, 1.54) is 29.4 Å². The second kappa shape index (κ2) is 8.99. The van der Waals surface area contributed by atoms with Crippen molar-refractivity contribution in [3.05, 3.63) is 40.6 Å². The predicted octanol–water partition coefficient (Wildman–Crippen LogP) is 1.65. The van der Waals surface area contributed by atoms with Crippen molar-refractivity contribution in [2.24, 2.45) is 5.73 Å². The molecule has 1 aromatic carbocycles. The highest BCUT2D eigenvalue weighted by Gasteiger charge is 2.28. The molecule has 0 aromatic heterocycles. The van der Waals surface area contributed by atoms with Gasteiger partial charge in [-0.05, 0) is 44.4 Å². The van der Waals surface area contributed by atoms with Gasteiger partial charge in [0.25, 0.3) is 0 Å². The highest BCUT2D eigenvalue weighted by Crippen LogP contribution is 2.24. The third-order valence-electron chi connectivity index (χ3n) is 4.48. The lowest BCUT2D eigenvalue weighted by Gasteiger charge is -2.26. The Bertz CT molecular complexity index is 950. The Hall–Kier alpha value is -2.70. The Balaban J connectivity index is 2.20. The number of rotatable bonds is 6. The van der Waals surface area contributed by atoms with Crippen LogP contribution in [0.15, 0.2) is 34.4 Å². The number of ether oxygens (including phenoxy) is 1. The maximum absolute atomic E-state index is 12.9. The number of esters is 1. The van der Waals surface area contributed by atoms with Crippen LogP contribution in [-0.4, -0.2) is 44.2 Å². The third kappa shape index (κ3) is 4.77. The molecule has 2 N–H and O–H groups in total. The molecule has 9 heteroatoms. The maximum Gasteiger partial charge on any atom is 0.338 e. The smallest absolute Gasteiger partial charge is 0.338 e. The lowest BCUT2D eigenvalue weighted by Crippen LogP contribution is -2.36. The molecule has 1 saturated heterocycles. The minimum absolute atomic E-state index is 0.0148. The Kier molecular flexibility index (Phi) is 6.94. The molecule has 8 nitrogen and oxygen atoms in total. The molecule has 1 fully saturated rings. The van der Waals surface area contributed by atoms with E-state index >= 15 is 0 Å². The molecular formula is C19H23N3O5S. The lowest BCUT2D eigenvalue weighted by atomic mass is 10.1. The van der Waals surface area contributed by atoms with Crippen molar-refractivity contribution < 1.29 is 22.7 Å². The Morgan fingerprint density at radius 3 is 2.46 bits per heavy atom. The molecule has 28 heavy (non-hydrogen) atoms. The molecular weight excluding hydrogens is 382 g/mol. The normalized spacial score (nSPS) is 16.0. The summed E-state index contributed by atoms with van der Waals surface area (Å²) in [6.45, 7) is 3.30. The molecule has 1 aromatic rings. The van der Waals surface area contributed by atoms with Gasteiger partial charge in [0, 0.05) is 18.8 Å². The first-order valence-corrected chi connectivity index (χ1v) is 10.3. The molecule has 0 aliphatic carbocycles. The van der Waals surface area contributed by atoms with E-state index in [9.17, 15) is 18.0 Å². The van der Waals surface area contributed by atoms with E-state index in [1.54, 1.807) is 13.0 Å². The summed E-state index contributed by atoms with van der Waals surface area (Å²) in [6, 6.07) is 5.90. The molecule has 0 radical (unpaired) electrons. The molecule has 2 rings (SSSR count). The number of ketones is 1. The average molecular weight is 405 g/mol. The van der Waals surface area contributed by atoms with Crippen LogP contribution in [0, 0.1) is 18.3 Å². The summed E-state index contributed by atoms with van der Waals surface area (Å²) < 4.78 is 32.2. The highest BCUT2D eigenvalue weighted by atomic mass is 32.2. The number of sulfonamides is 1. The monoisotopic (exact) mass is 405 g/mol. The molecule has 0 amide bonds. The van der Waals surface area contributed by atoms with Gasteiger partial charge in [0.1, 0.15) is 11.6 Å². The molecule has 0 unspecified atom stereocenters. The highest BCUT2D eigenvalue weighted by molar-refractivity contribution is 7.89. The van der Waals surface area contributed by atoms with Crippen molar-refractivity contribution in [2.45, 2.75) is 38.0 Å². The summed E-state index contributed by atoms with van der Waals surface area (Å²) in [4.78, 5) is 24.2. The van der Waals surface area contributed by atoms with Gasteiger partial charge in [-0.25, -0.2) is 13.2 Å². The number of benzene rings is 1. The minimum atomic E-state index is -3.72. The summed E-state index contributed by atoms with van der Waals surface area (Å²) in [5.41, 5.74) is 5.74. The number of allylic oxidation sites excluding steroid dienone is 1. The molecule has 1 aliphatic heterocycles. The van der Waals surface area contributed by atoms with Crippen molar-refractivity contribution in [1.29, 1.82) is 5.26 Å². The van der Waals surface area contributed by atoms with Gasteiger partial charge >= 0.3 is 5.97 Å². The van der Waals surface area contributed by atoms with Crippen LogP contribution in [0.3, 0.4) is 0 Å². The lowest BCUT2D eigenvalue weighted by molar-refractivity contribution is -0.118. The number of piperidine rings is 1. The van der Waals surface area contributed by atoms with Crippen LogP contribution in [-0.2, 0) is 19.6 Å². The van der Waals surface area contributed by atoms with Crippen LogP contribution in [0.25, 0.3) is 0 Å². The summed E-state index contributed by atoms with van der Waals surface area (Å²) in [6.07, 6.45) is 2.60. The molecule has 0 atom stereocenters. The second-order valence-electron chi connectivity index (χ2n) is 6.61. The van der Waals surface area contributed by atoms with Gasteiger partial charge in [0.05, 0.1) is 10.5 Å². The van der Waals surface area contributed by atoms with Gasteiger partial charge in [0.15, 0.2) is 6.61 Å². The van der Waals surface area contributed by atoms with Gasteiger partial charge < -0.3 is 10.5 Å². The molecule has 1 aliphatic rings. The summed E-state index contributed by atoms with van der Waals surface area (Å²) in [5, 5.41) is 8.91. The van der Waals surface area contributed by atoms with Crippen molar-refractivity contribution in [3.63, 3.8) is 0 Å². The molecule has 1 heterocycles. The van der Waals surface area contributed by atoms with E-state index in [-0.39, 0.29) is 21.7 Å². The SMILES string of the molecule is C/C(N)=C(/C#N)C(=O)COC(=O)c1ccc(C)c(S(=O)(=O)N2CCCCC2)c1. The first-order valence-electron chi connectivity index (χ1n) is 8.86. The van der Waals surface area contributed by atoms with E-state index < -0.39 is 28.4 Å². The fraction of sp³-hybridized carbons (Fsp3) is 0.421. The molecule has 0 bridgehead atoms. The van der Waals surface area contributed by atoms with Crippen LogP contribution in [0.2, 0.25) is 0 Å². The number of Topliss-reactive ketones (excluding diaryl/α,β-unsaturated/α-hetero) is 1. The fourth-order valence-electron chi connectivity index (χ4n) is 2.91. The zero-order valence-electron chi connectivity index (χ0n) is 15.9. The van der Waals surface area contributed by atoms with E-state index in [4.69, 9.17) is 15.7 Å². The van der Waals surface area contributed by atoms with Gasteiger partial charge in [-0.2, -0.15) is 9.57 Å². The third-order valence-corrected chi connectivity index (χ3v) is 6.52. The zero-order valence-corrected chi connectivity index (χ0v) is 16.7. The number of nitrogens with two attached hydrogens (primary N) is 1. The Morgan fingerprint density at radius 2 is 1.89 bits per heavy atom. The van der Waals surface area contributed by atoms with Crippen LogP contribution in [0.5, 0.6) is 0 Å². The predicted molar refractivity (Wildman–Crippen MR) is 102 cm³/mol. The fourth-order valence-corrected chi connectivity index (χ4v) is 4.67. The number of carbonyl (C=O) groups excluding carboxylic acids is 2. The van der Waals surface area contributed by atoms with Crippen molar-refractivity contribution >= 4 is 21.8 Å². The van der Waals surface area contributed by atoms with Gasteiger partial charge in [0.2, 0.25) is 15.8 Å². The van der Waals surface area contributed by atoms with Gasteiger partial charge in [-0.3, -0.25) is 4.79 Å². The van der Waals surface area contributed by atoms with E-state index in [0.717, 1.165) is 19.3 Å². The quantitative estimate of drug-likeness (QED) is 0.432. The van der Waals surface area contributed by atoms with Crippen molar-refractivity contribution in [3.8, 4) is 6.07 Å². The number of carbonyl (C=O) groups is 2. The van der Waals surface area contributed by atoms with Crippen molar-refractivity contribution in [1.82, 2.24) is 4.31 Å². The number of nitrogens with zero attached hydrogens (tertiary/aromatic N) is 2. The summed E-state index contributed by atoms with van der Waals surface area (Å²) >= 11 is 0. The van der Waals surface area contributed by atoms with Crippen LogP contribution in [0.4, 0.5) is 0 Å². The summed E-state index contributed by atoms with van der Waals surface area (Å²) in [5.74, 6) is -1.57. The molecule has 150 valence electrons. The zero-order chi connectivity index (χ0) is 20.9. The van der Waals surface area contributed by atoms with Crippen molar-refractivity contribution in [2.75, 3.05) is 19.7 Å². The Labute approximate surface area is 164 Å². The largest absolute Gasteiger partial charge is 0.454 e. The van der Waals surface area contributed by atoms with E-state index in [2.05, 4.69) is 0 Å². The molecule has 0 saturated carbocycles. The van der Waals surface area contributed by atoms with Crippen LogP contribution in [0.1, 0.15) is 42.1 Å². The molecule has 0 spiro atoms. The van der Waals surface area contributed by atoms with Crippen LogP contribution < -0.4 is 5.73 Å². The summed E-state index contributed by atoms with van der Waals surface area (Å²) in [7, 11) is -3.72. The van der Waals surface area contributed by atoms with E-state index in [0.29, 0.717) is 18.7 Å². The Morgan fingerprint density at radius 1 is 1.25 bits per heavy atom. The number of hydrogen-bond donors (Lipinski definition) is 1. The van der Waals surface area contributed by atoms with Gasteiger partial charge in [-0.15, -0.1) is 0 Å².